The topological polar surface area (TPSA) is 113 Å². The summed E-state index contributed by atoms with van der Waals surface area (Å²) in [5.41, 5.74) is 0.603. The number of rotatable bonds is 5. The lowest BCUT2D eigenvalue weighted by atomic mass is 10.1. The highest BCUT2D eigenvalue weighted by Crippen LogP contribution is 2.25. The fourth-order valence-corrected chi connectivity index (χ4v) is 2.96. The van der Waals surface area contributed by atoms with Crippen molar-refractivity contribution in [2.75, 3.05) is 4.90 Å². The van der Waals surface area contributed by atoms with Crippen LogP contribution in [0.3, 0.4) is 0 Å². The van der Waals surface area contributed by atoms with Gasteiger partial charge in [-0.2, -0.15) is 0 Å². The number of urea groups is 1. The molecule has 0 aliphatic carbocycles. The fourth-order valence-electron chi connectivity index (χ4n) is 2.57. The summed E-state index contributed by atoms with van der Waals surface area (Å²) < 4.78 is 5.91. The molecule has 1 aliphatic heterocycles. The van der Waals surface area contributed by atoms with E-state index >= 15 is 0 Å². The van der Waals surface area contributed by atoms with Crippen LogP contribution < -0.4 is 15.0 Å². The lowest BCUT2D eigenvalue weighted by molar-refractivity contribution is -0.144. The van der Waals surface area contributed by atoms with Crippen molar-refractivity contribution in [3.05, 3.63) is 64.1 Å². The van der Waals surface area contributed by atoms with Crippen molar-refractivity contribution in [1.29, 1.82) is 0 Å². The first-order valence-corrected chi connectivity index (χ1v) is 9.22. The molecule has 148 valence electrons. The second-order valence-electron chi connectivity index (χ2n) is 6.11. The Balaban J connectivity index is 1.87. The van der Waals surface area contributed by atoms with Gasteiger partial charge in [-0.15, -0.1) is 0 Å². The molecule has 0 unspecified atom stereocenters. The molecular formula is C20H15BrN2O6. The summed E-state index contributed by atoms with van der Waals surface area (Å²) >= 11 is 3.28. The van der Waals surface area contributed by atoms with Gasteiger partial charge in [0.25, 0.3) is 11.8 Å². The third-order valence-corrected chi connectivity index (χ3v) is 4.51. The molecule has 2 N–H and O–H groups in total. The first kappa shape index (κ1) is 20.3. The van der Waals surface area contributed by atoms with E-state index in [9.17, 15) is 19.2 Å². The second kappa shape index (κ2) is 8.27. The SMILES string of the molecule is C[C@H](Oc1ccc(/C=C2\C(=O)NC(=O)N(c3cccc(Br)c3)C2=O)cc1)C(=O)O. The summed E-state index contributed by atoms with van der Waals surface area (Å²) in [5, 5.41) is 11.0. The van der Waals surface area contributed by atoms with Gasteiger partial charge in [-0.25, -0.2) is 14.5 Å². The Morgan fingerprint density at radius 1 is 1.17 bits per heavy atom. The minimum absolute atomic E-state index is 0.211. The zero-order valence-corrected chi connectivity index (χ0v) is 16.7. The number of nitrogens with zero attached hydrogens (tertiary/aromatic N) is 1. The van der Waals surface area contributed by atoms with Gasteiger partial charge >= 0.3 is 12.0 Å². The number of carbonyl (C=O) groups excluding carboxylic acids is 3. The van der Waals surface area contributed by atoms with E-state index in [1.807, 2.05) is 0 Å². The van der Waals surface area contributed by atoms with Crippen LogP contribution in [0, 0.1) is 0 Å². The van der Waals surface area contributed by atoms with E-state index in [1.165, 1.54) is 25.1 Å². The third-order valence-electron chi connectivity index (χ3n) is 4.02. The number of carbonyl (C=O) groups is 4. The molecule has 1 aliphatic rings. The molecule has 0 spiro atoms. The van der Waals surface area contributed by atoms with Crippen LogP contribution in [0.1, 0.15) is 12.5 Å². The van der Waals surface area contributed by atoms with Crippen molar-refractivity contribution in [2.45, 2.75) is 13.0 Å². The first-order valence-electron chi connectivity index (χ1n) is 8.43. The number of ether oxygens (including phenoxy) is 1. The van der Waals surface area contributed by atoms with Crippen LogP contribution in [0.5, 0.6) is 5.75 Å². The van der Waals surface area contributed by atoms with Crippen LogP contribution in [0.25, 0.3) is 6.08 Å². The van der Waals surface area contributed by atoms with E-state index in [-0.39, 0.29) is 5.57 Å². The molecule has 8 nitrogen and oxygen atoms in total. The standard InChI is InChI=1S/C20H15BrN2O6/c1-11(19(26)27)29-15-7-5-12(6-8-15)9-16-17(24)22-20(28)23(18(16)25)14-4-2-3-13(21)10-14/h2-11H,1H3,(H,26,27)(H,22,24,28)/b16-9+/t11-/m0/s1. The monoisotopic (exact) mass is 458 g/mol. The maximum Gasteiger partial charge on any atom is 0.344 e. The van der Waals surface area contributed by atoms with Crippen LogP contribution in [0.15, 0.2) is 58.6 Å². The van der Waals surface area contributed by atoms with Crippen LogP contribution in [-0.4, -0.2) is 35.0 Å². The number of carboxylic acids is 1. The molecule has 1 fully saturated rings. The van der Waals surface area contributed by atoms with Gasteiger partial charge in [0.1, 0.15) is 11.3 Å². The summed E-state index contributed by atoms with van der Waals surface area (Å²) in [5.74, 6) is -2.33. The normalized spacial score (nSPS) is 16.6. The van der Waals surface area contributed by atoms with Gasteiger partial charge in [-0.3, -0.25) is 14.9 Å². The Morgan fingerprint density at radius 3 is 2.48 bits per heavy atom. The van der Waals surface area contributed by atoms with E-state index in [0.29, 0.717) is 21.5 Å². The van der Waals surface area contributed by atoms with Crippen LogP contribution in [-0.2, 0) is 14.4 Å². The lowest BCUT2D eigenvalue weighted by Gasteiger charge is -2.26. The van der Waals surface area contributed by atoms with Gasteiger partial charge in [-0.05, 0) is 48.9 Å². The highest BCUT2D eigenvalue weighted by Gasteiger charge is 2.36. The van der Waals surface area contributed by atoms with Gasteiger partial charge in [0, 0.05) is 4.47 Å². The van der Waals surface area contributed by atoms with Crippen molar-refractivity contribution in [3.8, 4) is 5.75 Å². The molecule has 1 saturated heterocycles. The number of anilines is 1. The molecule has 1 atom stereocenters. The zero-order valence-electron chi connectivity index (χ0n) is 15.1. The number of barbiturate groups is 1. The molecule has 0 bridgehead atoms. The molecule has 1 heterocycles. The Morgan fingerprint density at radius 2 is 1.86 bits per heavy atom. The number of hydrogen-bond donors (Lipinski definition) is 2. The van der Waals surface area contributed by atoms with Crippen molar-refractivity contribution in [2.24, 2.45) is 0 Å². The molecule has 2 aromatic rings. The summed E-state index contributed by atoms with van der Waals surface area (Å²) in [6, 6.07) is 11.9. The van der Waals surface area contributed by atoms with E-state index in [1.54, 1.807) is 36.4 Å². The Kier molecular flexibility index (Phi) is 5.79. The summed E-state index contributed by atoms with van der Waals surface area (Å²) in [6.07, 6.45) is 0.328. The molecule has 2 aromatic carbocycles. The molecule has 9 heteroatoms. The molecule has 0 saturated carbocycles. The van der Waals surface area contributed by atoms with E-state index in [0.717, 1.165) is 4.90 Å². The number of imide groups is 2. The molecule has 0 radical (unpaired) electrons. The number of amides is 4. The summed E-state index contributed by atoms with van der Waals surface area (Å²) in [4.78, 5) is 48.9. The molecule has 3 rings (SSSR count). The minimum atomic E-state index is -1.10. The van der Waals surface area contributed by atoms with E-state index < -0.39 is 29.9 Å². The number of aliphatic carboxylic acids is 1. The number of benzene rings is 2. The van der Waals surface area contributed by atoms with Crippen molar-refractivity contribution in [1.82, 2.24) is 5.32 Å². The predicted octanol–water partition coefficient (Wildman–Crippen LogP) is 2.97. The largest absolute Gasteiger partial charge is 0.479 e. The maximum atomic E-state index is 12.8. The highest BCUT2D eigenvalue weighted by atomic mass is 79.9. The van der Waals surface area contributed by atoms with Gasteiger partial charge < -0.3 is 9.84 Å². The average Bonchev–Trinajstić information content (AvgIpc) is 2.66. The van der Waals surface area contributed by atoms with Crippen molar-refractivity contribution in [3.63, 3.8) is 0 Å². The molecular weight excluding hydrogens is 444 g/mol. The average molecular weight is 459 g/mol. The lowest BCUT2D eigenvalue weighted by Crippen LogP contribution is -2.54. The van der Waals surface area contributed by atoms with Crippen molar-refractivity contribution < 1.29 is 29.0 Å². The van der Waals surface area contributed by atoms with Crippen LogP contribution in [0.2, 0.25) is 0 Å². The number of nitrogens with one attached hydrogen (secondary N) is 1. The quantitative estimate of drug-likeness (QED) is 0.525. The smallest absolute Gasteiger partial charge is 0.344 e. The number of hydrogen-bond acceptors (Lipinski definition) is 5. The number of halogens is 1. The molecule has 29 heavy (non-hydrogen) atoms. The van der Waals surface area contributed by atoms with Crippen LogP contribution in [0.4, 0.5) is 10.5 Å². The van der Waals surface area contributed by atoms with E-state index in [2.05, 4.69) is 21.2 Å². The van der Waals surface area contributed by atoms with Gasteiger partial charge in [0.15, 0.2) is 6.10 Å². The Labute approximate surface area is 173 Å². The Hall–Kier alpha value is -3.46. The molecule has 0 aromatic heterocycles. The number of carboxylic acid groups (broad SMARTS) is 1. The molecule has 4 amide bonds. The van der Waals surface area contributed by atoms with Gasteiger partial charge in [-0.1, -0.05) is 34.1 Å². The van der Waals surface area contributed by atoms with Crippen LogP contribution >= 0.6 is 15.9 Å². The van der Waals surface area contributed by atoms with E-state index in [4.69, 9.17) is 9.84 Å². The van der Waals surface area contributed by atoms with Gasteiger partial charge in [0.2, 0.25) is 0 Å². The third kappa shape index (κ3) is 4.52. The maximum absolute atomic E-state index is 12.8. The summed E-state index contributed by atoms with van der Waals surface area (Å²) in [7, 11) is 0. The predicted molar refractivity (Wildman–Crippen MR) is 107 cm³/mol. The summed E-state index contributed by atoms with van der Waals surface area (Å²) in [6.45, 7) is 1.40. The fraction of sp³-hybridized carbons (Fsp3) is 0.100. The second-order valence-corrected chi connectivity index (χ2v) is 7.02. The highest BCUT2D eigenvalue weighted by molar-refractivity contribution is 9.10. The first-order chi connectivity index (χ1) is 13.8. The zero-order chi connectivity index (χ0) is 21.1. The van der Waals surface area contributed by atoms with Crippen molar-refractivity contribution >= 4 is 51.5 Å². The minimum Gasteiger partial charge on any atom is -0.479 e. The van der Waals surface area contributed by atoms with Gasteiger partial charge in [0.05, 0.1) is 5.69 Å². The Bertz CT molecular complexity index is 1030.